The van der Waals surface area contributed by atoms with Crippen molar-refractivity contribution >= 4 is 0 Å². The molecule has 0 aliphatic carbocycles. The molecule has 0 saturated carbocycles. The zero-order valence-electron chi connectivity index (χ0n) is 10.9. The van der Waals surface area contributed by atoms with Crippen molar-refractivity contribution in [3.8, 4) is 0 Å². The van der Waals surface area contributed by atoms with E-state index in [1.165, 1.54) is 7.11 Å². The van der Waals surface area contributed by atoms with Gasteiger partial charge in [0.1, 0.15) is 6.67 Å². The predicted molar refractivity (Wildman–Crippen MR) is 72.6 cm³/mol. The Bertz CT molecular complexity index is 229. The monoisotopic (exact) mass is 244 g/mol. The first kappa shape index (κ1) is 18.4. The molecule has 0 aromatic heterocycles. The van der Waals surface area contributed by atoms with E-state index in [2.05, 4.69) is 13.2 Å². The molecule has 3 nitrogen and oxygen atoms in total. The van der Waals surface area contributed by atoms with Gasteiger partial charge in [-0.25, -0.2) is 4.39 Å². The third kappa shape index (κ3) is 7.85. The Kier molecular flexibility index (Phi) is 14.2. The third-order valence-electron chi connectivity index (χ3n) is 2.13. The number of nitrogens with two attached hydrogens (primary N) is 2. The summed E-state index contributed by atoms with van der Waals surface area (Å²) in [5.41, 5.74) is 11.9. The summed E-state index contributed by atoms with van der Waals surface area (Å²) in [5, 5.41) is 0. The first-order valence-electron chi connectivity index (χ1n) is 5.58. The van der Waals surface area contributed by atoms with Crippen molar-refractivity contribution in [2.45, 2.75) is 25.5 Å². The van der Waals surface area contributed by atoms with E-state index in [9.17, 15) is 4.39 Å². The Morgan fingerprint density at radius 3 is 2.41 bits per heavy atom. The van der Waals surface area contributed by atoms with Gasteiger partial charge in [-0.1, -0.05) is 18.2 Å². The zero-order chi connectivity index (χ0) is 13.7. The average Bonchev–Trinajstić information content (AvgIpc) is 2.39. The van der Waals surface area contributed by atoms with Gasteiger partial charge < -0.3 is 16.2 Å². The van der Waals surface area contributed by atoms with Crippen LogP contribution in [0.3, 0.4) is 0 Å². The number of ether oxygens (including phenoxy) is 1. The standard InChI is InChI=1S/C11H21FN2O.C2H4/c1-3-9(6-4-5-7-13)11(15-2)10(14)8-12;1-2/h3-4,6,10-11H,5,7-8,13-14H2,1-2H3;1-2H2/b6-4-,9-3+;. The van der Waals surface area contributed by atoms with Crippen LogP contribution in [0.4, 0.5) is 4.39 Å². The van der Waals surface area contributed by atoms with Crippen molar-refractivity contribution < 1.29 is 9.13 Å². The van der Waals surface area contributed by atoms with E-state index in [0.717, 1.165) is 12.0 Å². The second-order valence-electron chi connectivity index (χ2n) is 3.24. The molecule has 0 bridgehead atoms. The fraction of sp³-hybridized carbons (Fsp3) is 0.538. The van der Waals surface area contributed by atoms with E-state index in [1.807, 2.05) is 25.2 Å². The number of alkyl halides is 1. The van der Waals surface area contributed by atoms with Crippen molar-refractivity contribution in [1.82, 2.24) is 0 Å². The number of allylic oxidation sites excluding steroid dienone is 1. The minimum Gasteiger partial charge on any atom is -0.375 e. The highest BCUT2D eigenvalue weighted by Gasteiger charge is 2.19. The van der Waals surface area contributed by atoms with E-state index in [-0.39, 0.29) is 0 Å². The Balaban J connectivity index is 0. The summed E-state index contributed by atoms with van der Waals surface area (Å²) in [4.78, 5) is 0. The number of hydrogen-bond acceptors (Lipinski definition) is 3. The summed E-state index contributed by atoms with van der Waals surface area (Å²) in [7, 11) is 1.53. The highest BCUT2D eigenvalue weighted by Crippen LogP contribution is 2.12. The van der Waals surface area contributed by atoms with Crippen LogP contribution < -0.4 is 11.5 Å². The number of methoxy groups -OCH3 is 1. The van der Waals surface area contributed by atoms with Crippen molar-refractivity contribution in [3.05, 3.63) is 37.0 Å². The van der Waals surface area contributed by atoms with Crippen LogP contribution in [0.2, 0.25) is 0 Å². The number of hydrogen-bond donors (Lipinski definition) is 2. The first-order valence-corrected chi connectivity index (χ1v) is 5.58. The number of rotatable bonds is 7. The lowest BCUT2D eigenvalue weighted by Crippen LogP contribution is -2.38. The van der Waals surface area contributed by atoms with Gasteiger partial charge in [-0.15, -0.1) is 13.2 Å². The van der Waals surface area contributed by atoms with Crippen LogP contribution in [-0.2, 0) is 4.74 Å². The SMILES string of the molecule is C/C=C(\C=C/CCN)C(OC)C(N)CF.C=C. The predicted octanol–water partition coefficient (Wildman–Crippen LogP) is 1.95. The van der Waals surface area contributed by atoms with Gasteiger partial charge >= 0.3 is 0 Å². The highest BCUT2D eigenvalue weighted by atomic mass is 19.1. The second kappa shape index (κ2) is 13.1. The Hall–Kier alpha value is -0.970. The van der Waals surface area contributed by atoms with Crippen LogP contribution in [0.25, 0.3) is 0 Å². The molecule has 0 aromatic rings. The van der Waals surface area contributed by atoms with Gasteiger partial charge in [-0.05, 0) is 25.5 Å². The summed E-state index contributed by atoms with van der Waals surface area (Å²) < 4.78 is 17.6. The second-order valence-corrected chi connectivity index (χ2v) is 3.24. The molecule has 0 fully saturated rings. The van der Waals surface area contributed by atoms with E-state index in [0.29, 0.717) is 6.54 Å². The molecule has 4 N–H and O–H groups in total. The fourth-order valence-electron chi connectivity index (χ4n) is 1.31. The van der Waals surface area contributed by atoms with Crippen LogP contribution in [0.1, 0.15) is 13.3 Å². The lowest BCUT2D eigenvalue weighted by atomic mass is 10.0. The quantitative estimate of drug-likeness (QED) is 0.531. The van der Waals surface area contributed by atoms with Gasteiger partial charge in [0.05, 0.1) is 12.1 Å². The average molecular weight is 244 g/mol. The summed E-state index contributed by atoms with van der Waals surface area (Å²) in [5.74, 6) is 0. The molecular formula is C13H25FN2O. The van der Waals surface area contributed by atoms with Crippen LogP contribution in [0.15, 0.2) is 37.0 Å². The normalized spacial score (nSPS) is 15.2. The molecule has 0 rings (SSSR count). The summed E-state index contributed by atoms with van der Waals surface area (Å²) in [6, 6.07) is -0.622. The van der Waals surface area contributed by atoms with Gasteiger partial charge in [0, 0.05) is 7.11 Å². The van der Waals surface area contributed by atoms with Crippen LogP contribution in [-0.4, -0.2) is 32.5 Å². The molecule has 0 aliphatic rings. The van der Waals surface area contributed by atoms with E-state index < -0.39 is 18.8 Å². The van der Waals surface area contributed by atoms with Gasteiger partial charge in [0.2, 0.25) is 0 Å². The molecule has 0 amide bonds. The molecule has 17 heavy (non-hydrogen) atoms. The van der Waals surface area contributed by atoms with E-state index in [1.54, 1.807) is 0 Å². The molecule has 4 heteroatoms. The van der Waals surface area contributed by atoms with E-state index in [4.69, 9.17) is 16.2 Å². The highest BCUT2D eigenvalue weighted by molar-refractivity contribution is 5.24. The van der Waals surface area contributed by atoms with Gasteiger partial charge in [-0.2, -0.15) is 0 Å². The lowest BCUT2D eigenvalue weighted by Gasteiger charge is -2.21. The summed E-state index contributed by atoms with van der Waals surface area (Å²) in [6.45, 7) is 7.87. The van der Waals surface area contributed by atoms with Gasteiger partial charge in [0.15, 0.2) is 0 Å². The minimum absolute atomic E-state index is 0.394. The Morgan fingerprint density at radius 2 is 2.06 bits per heavy atom. The smallest absolute Gasteiger partial charge is 0.107 e. The van der Waals surface area contributed by atoms with Crippen molar-refractivity contribution in [2.75, 3.05) is 20.3 Å². The largest absolute Gasteiger partial charge is 0.375 e. The molecule has 2 atom stereocenters. The van der Waals surface area contributed by atoms with Gasteiger partial charge in [-0.3, -0.25) is 0 Å². The van der Waals surface area contributed by atoms with Crippen LogP contribution >= 0.6 is 0 Å². The maximum Gasteiger partial charge on any atom is 0.107 e. The summed E-state index contributed by atoms with van der Waals surface area (Å²) in [6.07, 6.45) is 6.09. The molecule has 0 spiro atoms. The first-order chi connectivity index (χ1) is 8.21. The molecule has 2 unspecified atom stereocenters. The molecule has 0 saturated heterocycles. The number of halogens is 1. The summed E-state index contributed by atoms with van der Waals surface area (Å²) >= 11 is 0. The molecule has 0 aromatic carbocycles. The fourth-order valence-corrected chi connectivity index (χ4v) is 1.31. The lowest BCUT2D eigenvalue weighted by molar-refractivity contribution is 0.102. The zero-order valence-corrected chi connectivity index (χ0v) is 10.9. The van der Waals surface area contributed by atoms with E-state index >= 15 is 0 Å². The van der Waals surface area contributed by atoms with Crippen LogP contribution in [0.5, 0.6) is 0 Å². The van der Waals surface area contributed by atoms with Crippen molar-refractivity contribution in [1.29, 1.82) is 0 Å². The molecule has 0 radical (unpaired) electrons. The Labute approximate surface area is 104 Å². The maximum absolute atomic E-state index is 12.4. The van der Waals surface area contributed by atoms with Crippen LogP contribution in [0, 0.1) is 0 Å². The molecular weight excluding hydrogens is 219 g/mol. The molecule has 0 aliphatic heterocycles. The van der Waals surface area contributed by atoms with Crippen molar-refractivity contribution in [3.63, 3.8) is 0 Å². The molecule has 0 heterocycles. The van der Waals surface area contributed by atoms with Crippen molar-refractivity contribution in [2.24, 2.45) is 11.5 Å². The Morgan fingerprint density at radius 1 is 1.47 bits per heavy atom. The van der Waals surface area contributed by atoms with Gasteiger partial charge in [0.25, 0.3) is 0 Å². The minimum atomic E-state index is -0.622. The molecule has 100 valence electrons. The third-order valence-corrected chi connectivity index (χ3v) is 2.13. The topological polar surface area (TPSA) is 61.3 Å². The maximum atomic E-state index is 12.4.